The second-order valence-corrected chi connectivity index (χ2v) is 8.64. The molecule has 1 N–H and O–H groups in total. The zero-order valence-electron chi connectivity index (χ0n) is 15.3. The second kappa shape index (κ2) is 8.18. The SMILES string of the molecule is C=C1NCCc2csc(n2)N(C)CCCC(C)(C)CCC[C@H]1C. The van der Waals surface area contributed by atoms with Gasteiger partial charge in [-0.2, -0.15) is 0 Å². The average Bonchev–Trinajstić information content (AvgIpc) is 2.94. The maximum absolute atomic E-state index is 4.78. The van der Waals surface area contributed by atoms with E-state index in [0.29, 0.717) is 11.3 Å². The van der Waals surface area contributed by atoms with E-state index in [9.17, 15) is 0 Å². The second-order valence-electron chi connectivity index (χ2n) is 7.81. The van der Waals surface area contributed by atoms with Crippen molar-refractivity contribution in [2.45, 2.75) is 59.3 Å². The van der Waals surface area contributed by atoms with Crippen LogP contribution in [0.25, 0.3) is 0 Å². The van der Waals surface area contributed by atoms with Gasteiger partial charge >= 0.3 is 0 Å². The van der Waals surface area contributed by atoms with Crippen molar-refractivity contribution in [2.24, 2.45) is 11.3 Å². The van der Waals surface area contributed by atoms with Crippen LogP contribution in [0.3, 0.4) is 0 Å². The average molecular weight is 336 g/mol. The molecule has 0 spiro atoms. The molecule has 0 fully saturated rings. The van der Waals surface area contributed by atoms with Gasteiger partial charge in [-0.3, -0.25) is 0 Å². The van der Waals surface area contributed by atoms with Crippen LogP contribution in [0.5, 0.6) is 0 Å². The minimum Gasteiger partial charge on any atom is -0.388 e. The number of hydrogen-bond acceptors (Lipinski definition) is 4. The molecule has 1 aromatic heterocycles. The molecule has 3 nitrogen and oxygen atoms in total. The van der Waals surface area contributed by atoms with Gasteiger partial charge in [-0.1, -0.05) is 33.8 Å². The Kier molecular flexibility index (Phi) is 6.51. The minimum absolute atomic E-state index is 0.431. The van der Waals surface area contributed by atoms with E-state index in [1.54, 1.807) is 11.3 Å². The lowest BCUT2D eigenvalue weighted by Crippen LogP contribution is -2.23. The number of hydrogen-bond donors (Lipinski definition) is 1. The van der Waals surface area contributed by atoms with E-state index in [2.05, 4.69) is 50.0 Å². The first-order valence-electron chi connectivity index (χ1n) is 8.95. The minimum atomic E-state index is 0.431. The molecule has 130 valence electrons. The highest BCUT2D eigenvalue weighted by atomic mass is 32.1. The van der Waals surface area contributed by atoms with Crippen molar-refractivity contribution in [2.75, 3.05) is 25.0 Å². The monoisotopic (exact) mass is 335 g/mol. The van der Waals surface area contributed by atoms with Gasteiger partial charge in [0.2, 0.25) is 0 Å². The smallest absolute Gasteiger partial charge is 0.185 e. The van der Waals surface area contributed by atoms with E-state index in [0.717, 1.165) is 24.6 Å². The van der Waals surface area contributed by atoms with Crippen LogP contribution in [0.4, 0.5) is 5.13 Å². The van der Waals surface area contributed by atoms with Crippen molar-refractivity contribution in [1.82, 2.24) is 10.3 Å². The highest BCUT2D eigenvalue weighted by Gasteiger charge is 2.19. The molecule has 23 heavy (non-hydrogen) atoms. The van der Waals surface area contributed by atoms with Crippen molar-refractivity contribution >= 4 is 16.5 Å². The molecule has 0 radical (unpaired) electrons. The Labute approximate surface area is 146 Å². The summed E-state index contributed by atoms with van der Waals surface area (Å²) in [5.41, 5.74) is 2.81. The lowest BCUT2D eigenvalue weighted by molar-refractivity contribution is 0.283. The normalized spacial score (nSPS) is 24.3. The molecule has 2 heterocycles. The fraction of sp³-hybridized carbons (Fsp3) is 0.737. The van der Waals surface area contributed by atoms with Crippen LogP contribution < -0.4 is 10.2 Å². The number of rotatable bonds is 0. The molecule has 1 aliphatic heterocycles. The van der Waals surface area contributed by atoms with Gasteiger partial charge in [-0.15, -0.1) is 11.3 Å². The number of anilines is 1. The van der Waals surface area contributed by atoms with Crippen LogP contribution in [0.15, 0.2) is 17.7 Å². The molecule has 4 heteroatoms. The summed E-state index contributed by atoms with van der Waals surface area (Å²) in [6.07, 6.45) is 7.32. The fourth-order valence-electron chi connectivity index (χ4n) is 3.19. The molecular weight excluding hydrogens is 302 g/mol. The molecule has 0 saturated heterocycles. The van der Waals surface area contributed by atoms with Crippen LogP contribution in [0.2, 0.25) is 0 Å². The predicted molar refractivity (Wildman–Crippen MR) is 102 cm³/mol. The molecule has 0 aliphatic carbocycles. The first-order valence-corrected chi connectivity index (χ1v) is 9.83. The number of nitrogens with one attached hydrogen (secondary N) is 1. The molecule has 0 amide bonds. The Morgan fingerprint density at radius 2 is 2.09 bits per heavy atom. The van der Waals surface area contributed by atoms with Crippen LogP contribution in [0.1, 0.15) is 58.6 Å². The van der Waals surface area contributed by atoms with Crippen LogP contribution in [0, 0.1) is 11.3 Å². The topological polar surface area (TPSA) is 28.2 Å². The molecule has 0 unspecified atom stereocenters. The summed E-state index contributed by atoms with van der Waals surface area (Å²) in [6, 6.07) is 0. The standard InChI is InChI=1S/C19H33N3S/c1-15-8-6-10-19(3,4)11-7-13-22(5)18-21-17(14-23-18)9-12-20-16(15)2/h14-15,20H,2,6-13H2,1,3-5H3/t15-/m1/s1. The quantitative estimate of drug-likeness (QED) is 0.734. The molecule has 0 aromatic carbocycles. The molecule has 2 rings (SSSR count). The van der Waals surface area contributed by atoms with Crippen LogP contribution in [-0.4, -0.2) is 25.1 Å². The van der Waals surface area contributed by atoms with Gasteiger partial charge in [0.25, 0.3) is 0 Å². The summed E-state index contributed by atoms with van der Waals surface area (Å²) in [5.74, 6) is 0.552. The molecule has 1 atom stereocenters. The number of aromatic nitrogens is 1. The first kappa shape index (κ1) is 18.3. The van der Waals surface area contributed by atoms with Gasteiger partial charge in [0.05, 0.1) is 5.69 Å². The molecule has 1 aromatic rings. The van der Waals surface area contributed by atoms with Gasteiger partial charge < -0.3 is 10.2 Å². The lowest BCUT2D eigenvalue weighted by atomic mass is 9.81. The Morgan fingerprint density at radius 3 is 2.87 bits per heavy atom. The van der Waals surface area contributed by atoms with Gasteiger partial charge in [0.1, 0.15) is 0 Å². The summed E-state index contributed by atoms with van der Waals surface area (Å²) in [7, 11) is 2.17. The highest BCUT2D eigenvalue weighted by Crippen LogP contribution is 2.31. The zero-order chi connectivity index (χ0) is 16.9. The third kappa shape index (κ3) is 5.83. The van der Waals surface area contributed by atoms with E-state index >= 15 is 0 Å². The zero-order valence-corrected chi connectivity index (χ0v) is 16.1. The van der Waals surface area contributed by atoms with Gasteiger partial charge in [-0.05, 0) is 37.0 Å². The number of fused-ring (bicyclic) bond motifs is 2. The van der Waals surface area contributed by atoms with Gasteiger partial charge in [0.15, 0.2) is 5.13 Å². The van der Waals surface area contributed by atoms with E-state index in [4.69, 9.17) is 4.98 Å². The number of thiazole rings is 1. The maximum atomic E-state index is 4.78. The van der Waals surface area contributed by atoms with Crippen molar-refractivity contribution in [1.29, 1.82) is 0 Å². The Hall–Kier alpha value is -1.03. The summed E-state index contributed by atoms with van der Waals surface area (Å²) in [6.45, 7) is 13.4. The van der Waals surface area contributed by atoms with Crippen LogP contribution >= 0.6 is 11.3 Å². The third-order valence-electron chi connectivity index (χ3n) is 5.03. The predicted octanol–water partition coefficient (Wildman–Crippen LogP) is 4.85. The van der Waals surface area contributed by atoms with Crippen molar-refractivity contribution < 1.29 is 0 Å². The third-order valence-corrected chi connectivity index (χ3v) is 6.04. The van der Waals surface area contributed by atoms with Gasteiger partial charge in [0, 0.05) is 37.6 Å². The largest absolute Gasteiger partial charge is 0.388 e. The van der Waals surface area contributed by atoms with E-state index in [1.807, 2.05) is 0 Å². The fourth-order valence-corrected chi connectivity index (χ4v) is 4.04. The Balaban J connectivity index is 2.03. The Bertz CT molecular complexity index is 506. The van der Waals surface area contributed by atoms with Crippen molar-refractivity contribution in [3.05, 3.63) is 23.3 Å². The van der Waals surface area contributed by atoms with E-state index in [1.165, 1.54) is 43.5 Å². The first-order chi connectivity index (χ1) is 10.9. The van der Waals surface area contributed by atoms with Crippen LogP contribution in [-0.2, 0) is 6.42 Å². The molecule has 0 saturated carbocycles. The highest BCUT2D eigenvalue weighted by molar-refractivity contribution is 7.13. The van der Waals surface area contributed by atoms with Crippen molar-refractivity contribution in [3.8, 4) is 0 Å². The lowest BCUT2D eigenvalue weighted by Gasteiger charge is -2.27. The number of nitrogens with zero attached hydrogens (tertiary/aromatic N) is 2. The summed E-state index contributed by atoms with van der Waals surface area (Å²) >= 11 is 1.76. The molecule has 2 bridgehead atoms. The number of allylic oxidation sites excluding steroid dienone is 1. The summed E-state index contributed by atoms with van der Waals surface area (Å²) in [5, 5.41) is 6.85. The van der Waals surface area contributed by atoms with E-state index in [-0.39, 0.29) is 0 Å². The Morgan fingerprint density at radius 1 is 1.35 bits per heavy atom. The van der Waals surface area contributed by atoms with E-state index < -0.39 is 0 Å². The summed E-state index contributed by atoms with van der Waals surface area (Å²) < 4.78 is 0. The van der Waals surface area contributed by atoms with Crippen molar-refractivity contribution in [3.63, 3.8) is 0 Å². The summed E-state index contributed by atoms with van der Waals surface area (Å²) in [4.78, 5) is 7.09. The maximum Gasteiger partial charge on any atom is 0.185 e. The molecular formula is C19H33N3S. The molecule has 1 aliphatic rings. The van der Waals surface area contributed by atoms with Gasteiger partial charge in [-0.25, -0.2) is 4.98 Å².